The Balaban J connectivity index is 1.74. The molecule has 3 rings (SSSR count). The van der Waals surface area contributed by atoms with Crippen molar-refractivity contribution in [2.75, 3.05) is 60.0 Å². The van der Waals surface area contributed by atoms with Crippen molar-refractivity contribution in [3.63, 3.8) is 0 Å². The number of carbonyl (C=O) groups excluding carboxylic acids is 1. The second-order valence-electron chi connectivity index (χ2n) is 8.27. The summed E-state index contributed by atoms with van der Waals surface area (Å²) in [6, 6.07) is 6.08. The van der Waals surface area contributed by atoms with Crippen LogP contribution in [0.2, 0.25) is 0 Å². The van der Waals surface area contributed by atoms with E-state index in [2.05, 4.69) is 39.8 Å². The zero-order chi connectivity index (χ0) is 19.3. The fourth-order valence-corrected chi connectivity index (χ4v) is 4.60. The lowest BCUT2D eigenvalue weighted by molar-refractivity contribution is -0.157. The Bertz CT molecular complexity index is 609. The molecule has 1 aromatic heterocycles. The van der Waals surface area contributed by atoms with Gasteiger partial charge in [-0.1, -0.05) is 6.07 Å². The van der Waals surface area contributed by atoms with Gasteiger partial charge in [-0.2, -0.15) is 0 Å². The van der Waals surface area contributed by atoms with Crippen LogP contribution >= 0.6 is 0 Å². The molecule has 2 fully saturated rings. The Morgan fingerprint density at radius 3 is 2.85 bits per heavy atom. The van der Waals surface area contributed by atoms with E-state index < -0.39 is 0 Å². The van der Waals surface area contributed by atoms with Crippen LogP contribution < -0.4 is 0 Å². The van der Waals surface area contributed by atoms with Gasteiger partial charge in [-0.05, 0) is 52.5 Å². The number of carbonyl (C=O) groups is 1. The highest BCUT2D eigenvalue weighted by atomic mass is 16.5. The number of esters is 1. The van der Waals surface area contributed by atoms with E-state index in [0.717, 1.165) is 64.3 Å². The van der Waals surface area contributed by atoms with Crippen molar-refractivity contribution in [3.05, 3.63) is 30.1 Å². The van der Waals surface area contributed by atoms with Gasteiger partial charge >= 0.3 is 5.97 Å². The van der Waals surface area contributed by atoms with Gasteiger partial charge in [-0.15, -0.1) is 0 Å². The van der Waals surface area contributed by atoms with Gasteiger partial charge in [0.1, 0.15) is 0 Å². The van der Waals surface area contributed by atoms with Crippen molar-refractivity contribution < 1.29 is 9.53 Å². The SMILES string of the molecule is CCOC(=O)[C@@]12CCCN(Cc3ccccn3)C[C@@H]1CN(CCN(C)C)C2. The van der Waals surface area contributed by atoms with Gasteiger partial charge in [-0.3, -0.25) is 14.7 Å². The number of likely N-dealkylation sites (N-methyl/N-ethyl adjacent to an activating group) is 1. The van der Waals surface area contributed by atoms with Crippen molar-refractivity contribution in [1.29, 1.82) is 0 Å². The maximum absolute atomic E-state index is 13.0. The van der Waals surface area contributed by atoms with Gasteiger partial charge in [0.2, 0.25) is 0 Å². The smallest absolute Gasteiger partial charge is 0.313 e. The Morgan fingerprint density at radius 1 is 1.33 bits per heavy atom. The molecule has 0 saturated carbocycles. The Hall–Kier alpha value is -1.50. The number of likely N-dealkylation sites (tertiary alicyclic amines) is 2. The minimum Gasteiger partial charge on any atom is -0.466 e. The average molecular weight is 375 g/mol. The molecule has 0 radical (unpaired) electrons. The second-order valence-corrected chi connectivity index (χ2v) is 8.27. The molecule has 0 amide bonds. The van der Waals surface area contributed by atoms with Gasteiger partial charge in [0.15, 0.2) is 0 Å². The minimum absolute atomic E-state index is 0.0158. The molecular weight excluding hydrogens is 340 g/mol. The summed E-state index contributed by atoms with van der Waals surface area (Å²) in [7, 11) is 4.20. The van der Waals surface area contributed by atoms with E-state index in [0.29, 0.717) is 12.5 Å². The summed E-state index contributed by atoms with van der Waals surface area (Å²) in [5, 5.41) is 0. The molecule has 150 valence electrons. The van der Waals surface area contributed by atoms with E-state index in [1.807, 2.05) is 25.3 Å². The molecule has 2 aliphatic rings. The first-order valence-corrected chi connectivity index (χ1v) is 10.2. The number of fused-ring (bicyclic) bond motifs is 1. The van der Waals surface area contributed by atoms with Crippen LogP contribution in [0.4, 0.5) is 0 Å². The lowest BCUT2D eigenvalue weighted by Crippen LogP contribution is -2.42. The van der Waals surface area contributed by atoms with Crippen LogP contribution in [0, 0.1) is 11.3 Å². The van der Waals surface area contributed by atoms with Gasteiger partial charge in [0, 0.05) is 51.4 Å². The topological polar surface area (TPSA) is 48.9 Å². The minimum atomic E-state index is -0.346. The van der Waals surface area contributed by atoms with Crippen molar-refractivity contribution in [2.45, 2.75) is 26.3 Å². The fraction of sp³-hybridized carbons (Fsp3) is 0.714. The number of pyridine rings is 1. The quantitative estimate of drug-likeness (QED) is 0.678. The van der Waals surface area contributed by atoms with Crippen LogP contribution in [0.3, 0.4) is 0 Å². The molecule has 6 heteroatoms. The highest BCUT2D eigenvalue weighted by Gasteiger charge is 2.53. The summed E-state index contributed by atoms with van der Waals surface area (Å²) in [5.41, 5.74) is 0.755. The molecule has 2 saturated heterocycles. The first-order chi connectivity index (χ1) is 13.0. The maximum atomic E-state index is 13.0. The molecule has 0 aliphatic carbocycles. The number of hydrogen-bond acceptors (Lipinski definition) is 6. The molecule has 3 heterocycles. The molecule has 2 aliphatic heterocycles. The predicted octanol–water partition coefficient (Wildman–Crippen LogP) is 1.72. The third-order valence-electron chi connectivity index (χ3n) is 6.00. The van der Waals surface area contributed by atoms with E-state index >= 15 is 0 Å². The molecule has 0 N–H and O–H groups in total. The first-order valence-electron chi connectivity index (χ1n) is 10.2. The van der Waals surface area contributed by atoms with Crippen LogP contribution in [0.5, 0.6) is 0 Å². The molecule has 27 heavy (non-hydrogen) atoms. The lowest BCUT2D eigenvalue weighted by Gasteiger charge is -2.31. The Kier molecular flexibility index (Phi) is 6.84. The zero-order valence-electron chi connectivity index (χ0n) is 17.1. The number of hydrogen-bond donors (Lipinski definition) is 0. The Labute approximate surface area is 163 Å². The van der Waals surface area contributed by atoms with Gasteiger partial charge in [0.25, 0.3) is 0 Å². The summed E-state index contributed by atoms with van der Waals surface area (Å²) < 4.78 is 5.56. The van der Waals surface area contributed by atoms with E-state index in [-0.39, 0.29) is 11.4 Å². The molecule has 0 aromatic carbocycles. The zero-order valence-corrected chi connectivity index (χ0v) is 17.1. The summed E-state index contributed by atoms with van der Waals surface area (Å²) in [5.74, 6) is 0.340. The van der Waals surface area contributed by atoms with E-state index in [1.165, 1.54) is 0 Å². The van der Waals surface area contributed by atoms with E-state index in [1.54, 1.807) is 0 Å². The predicted molar refractivity (Wildman–Crippen MR) is 106 cm³/mol. The summed E-state index contributed by atoms with van der Waals surface area (Å²) >= 11 is 0. The second kappa shape index (κ2) is 9.13. The average Bonchev–Trinajstić information content (AvgIpc) is 2.90. The summed E-state index contributed by atoms with van der Waals surface area (Å²) in [6.45, 7) is 9.02. The largest absolute Gasteiger partial charge is 0.466 e. The Morgan fingerprint density at radius 2 is 2.15 bits per heavy atom. The third kappa shape index (κ3) is 4.86. The normalized spacial score (nSPS) is 26.7. The molecular formula is C21H34N4O2. The van der Waals surface area contributed by atoms with E-state index in [4.69, 9.17) is 4.74 Å². The molecule has 0 spiro atoms. The van der Waals surface area contributed by atoms with Crippen molar-refractivity contribution in [3.8, 4) is 0 Å². The molecule has 0 unspecified atom stereocenters. The standard InChI is InChI=1S/C21H34N4O2/c1-4-27-20(26)21-9-7-11-24(16-19-8-5-6-10-22-19)14-18(21)15-25(17-21)13-12-23(2)3/h5-6,8,10,18H,4,7,9,11-17H2,1-3H3/t18-,21-/m1/s1. The van der Waals surface area contributed by atoms with E-state index in [9.17, 15) is 4.79 Å². The van der Waals surface area contributed by atoms with Crippen molar-refractivity contribution in [1.82, 2.24) is 19.7 Å². The van der Waals surface area contributed by atoms with Crippen LogP contribution in [0.1, 0.15) is 25.5 Å². The molecule has 1 aromatic rings. The first kappa shape index (κ1) is 20.2. The number of nitrogens with zero attached hydrogens (tertiary/aromatic N) is 4. The number of aromatic nitrogens is 1. The van der Waals surface area contributed by atoms with Crippen LogP contribution in [-0.4, -0.2) is 85.6 Å². The number of ether oxygens (including phenoxy) is 1. The molecule has 6 nitrogen and oxygen atoms in total. The van der Waals surface area contributed by atoms with Gasteiger partial charge in [0.05, 0.1) is 17.7 Å². The monoisotopic (exact) mass is 374 g/mol. The van der Waals surface area contributed by atoms with Gasteiger partial charge in [-0.25, -0.2) is 0 Å². The fourth-order valence-electron chi connectivity index (χ4n) is 4.60. The highest BCUT2D eigenvalue weighted by molar-refractivity contribution is 5.78. The third-order valence-corrected chi connectivity index (χ3v) is 6.00. The van der Waals surface area contributed by atoms with Crippen LogP contribution in [0.25, 0.3) is 0 Å². The van der Waals surface area contributed by atoms with Crippen LogP contribution in [0.15, 0.2) is 24.4 Å². The number of rotatable bonds is 7. The van der Waals surface area contributed by atoms with Crippen LogP contribution in [-0.2, 0) is 16.1 Å². The van der Waals surface area contributed by atoms with Crippen molar-refractivity contribution >= 4 is 5.97 Å². The molecule has 0 bridgehead atoms. The lowest BCUT2D eigenvalue weighted by atomic mass is 9.75. The van der Waals surface area contributed by atoms with Crippen molar-refractivity contribution in [2.24, 2.45) is 11.3 Å². The van der Waals surface area contributed by atoms with Gasteiger partial charge < -0.3 is 14.5 Å². The maximum Gasteiger partial charge on any atom is 0.313 e. The molecule has 2 atom stereocenters. The summed E-state index contributed by atoms with van der Waals surface area (Å²) in [4.78, 5) is 24.6. The summed E-state index contributed by atoms with van der Waals surface area (Å²) in [6.07, 6.45) is 3.81. The highest BCUT2D eigenvalue weighted by Crippen LogP contribution is 2.43.